The molecule has 0 heteroatoms. The van der Waals surface area contributed by atoms with Crippen molar-refractivity contribution < 1.29 is 0 Å². The second-order valence-electron chi connectivity index (χ2n) is 8.52. The predicted octanol–water partition coefficient (Wildman–Crippen LogP) is 5.77. The largest absolute Gasteiger partial charge is 0.0845 e. The van der Waals surface area contributed by atoms with E-state index in [9.17, 15) is 0 Å². The topological polar surface area (TPSA) is 0 Å². The molecular weight excluding hydrogens is 288 g/mol. The van der Waals surface area contributed by atoms with Crippen molar-refractivity contribution >= 4 is 21.5 Å². The standard InChI is InChI=1S/C24H20/c1-2-6-14-13(5-1)11-20(16-8-4-3-7-15(14)16)22-17-9-10-18-23(24(18)22)21-12-19(17)21/h1-11,17-19,21-24H,12H2/t17-,18?,19-,21-,22+,23+,24?/m0/s1. The molecule has 7 atom stereocenters. The Hall–Kier alpha value is -2.08. The van der Waals surface area contributed by atoms with Crippen molar-refractivity contribution in [3.63, 3.8) is 0 Å². The Morgan fingerprint density at radius 2 is 1.42 bits per heavy atom. The van der Waals surface area contributed by atoms with Crippen LogP contribution in [-0.4, -0.2) is 0 Å². The van der Waals surface area contributed by atoms with Gasteiger partial charge in [-0.15, -0.1) is 0 Å². The predicted molar refractivity (Wildman–Crippen MR) is 98.9 cm³/mol. The summed E-state index contributed by atoms with van der Waals surface area (Å²) in [7, 11) is 0. The summed E-state index contributed by atoms with van der Waals surface area (Å²) >= 11 is 0. The first-order chi connectivity index (χ1) is 11.9. The highest BCUT2D eigenvalue weighted by Gasteiger charge is 2.71. The zero-order valence-electron chi connectivity index (χ0n) is 13.6. The van der Waals surface area contributed by atoms with Gasteiger partial charge in [-0.2, -0.15) is 0 Å². The lowest BCUT2D eigenvalue weighted by Gasteiger charge is -2.32. The molecule has 4 aliphatic rings. The Balaban J connectivity index is 1.54. The summed E-state index contributed by atoms with van der Waals surface area (Å²) in [4.78, 5) is 0. The molecule has 0 N–H and O–H groups in total. The van der Waals surface area contributed by atoms with Crippen molar-refractivity contribution in [1.29, 1.82) is 0 Å². The SMILES string of the molecule is C1=C[C@H]2[C@@H]3C[C@@H]3[C@H]3C1C3[C@H]2c1cc2ccccc2c2ccccc12. The molecule has 3 aromatic carbocycles. The average molecular weight is 308 g/mol. The van der Waals surface area contributed by atoms with Crippen LogP contribution < -0.4 is 0 Å². The number of allylic oxidation sites excluding steroid dienone is 2. The molecular formula is C24H20. The summed E-state index contributed by atoms with van der Waals surface area (Å²) in [6.45, 7) is 0. The number of hydrogen-bond donors (Lipinski definition) is 0. The highest BCUT2D eigenvalue weighted by Crippen LogP contribution is 2.77. The molecule has 0 aliphatic heterocycles. The second-order valence-corrected chi connectivity index (χ2v) is 8.52. The summed E-state index contributed by atoms with van der Waals surface area (Å²) in [6.07, 6.45) is 6.69. The van der Waals surface area contributed by atoms with Gasteiger partial charge in [0.15, 0.2) is 0 Å². The first-order valence-corrected chi connectivity index (χ1v) is 9.50. The summed E-state index contributed by atoms with van der Waals surface area (Å²) in [5.74, 6) is 6.48. The van der Waals surface area contributed by atoms with Crippen LogP contribution in [0.3, 0.4) is 0 Å². The lowest BCUT2D eigenvalue weighted by atomic mass is 9.72. The summed E-state index contributed by atoms with van der Waals surface area (Å²) in [5, 5.41) is 5.77. The quantitative estimate of drug-likeness (QED) is 0.395. The molecule has 2 unspecified atom stereocenters. The minimum atomic E-state index is 0.767. The van der Waals surface area contributed by atoms with Gasteiger partial charge in [0, 0.05) is 0 Å². The van der Waals surface area contributed by atoms with Gasteiger partial charge in [-0.05, 0) is 75.0 Å². The first kappa shape index (κ1) is 12.3. The maximum atomic E-state index is 2.60. The van der Waals surface area contributed by atoms with Crippen molar-refractivity contribution in [2.75, 3.05) is 0 Å². The monoisotopic (exact) mass is 308 g/mol. The minimum absolute atomic E-state index is 0.767. The zero-order chi connectivity index (χ0) is 15.4. The Kier molecular flexibility index (Phi) is 2.02. The van der Waals surface area contributed by atoms with Crippen LogP contribution >= 0.6 is 0 Å². The summed E-state index contributed by atoms with van der Waals surface area (Å²) in [5.41, 5.74) is 1.64. The van der Waals surface area contributed by atoms with E-state index in [1.54, 1.807) is 5.56 Å². The zero-order valence-corrected chi connectivity index (χ0v) is 13.6. The second kappa shape index (κ2) is 3.94. The third-order valence-electron chi connectivity index (χ3n) is 7.62. The van der Waals surface area contributed by atoms with Crippen molar-refractivity contribution in [3.8, 4) is 0 Å². The molecule has 0 spiro atoms. The molecule has 7 rings (SSSR count). The normalized spacial score (nSPS) is 40.6. The van der Waals surface area contributed by atoms with E-state index in [2.05, 4.69) is 66.7 Å². The fourth-order valence-corrected chi connectivity index (χ4v) is 6.63. The Morgan fingerprint density at radius 1 is 0.667 bits per heavy atom. The smallest absolute Gasteiger partial charge is 0.00529 e. The van der Waals surface area contributed by atoms with Crippen LogP contribution in [0.2, 0.25) is 0 Å². The van der Waals surface area contributed by atoms with Gasteiger partial charge in [-0.3, -0.25) is 0 Å². The van der Waals surface area contributed by atoms with Crippen molar-refractivity contribution in [1.82, 2.24) is 0 Å². The fourth-order valence-electron chi connectivity index (χ4n) is 6.63. The highest BCUT2D eigenvalue weighted by molar-refractivity contribution is 6.09. The van der Waals surface area contributed by atoms with Gasteiger partial charge in [-0.1, -0.05) is 66.7 Å². The van der Waals surface area contributed by atoms with Crippen molar-refractivity contribution in [3.05, 3.63) is 72.3 Å². The molecule has 3 saturated carbocycles. The lowest BCUT2D eigenvalue weighted by Crippen LogP contribution is -2.22. The molecule has 2 bridgehead atoms. The van der Waals surface area contributed by atoms with Crippen LogP contribution in [0, 0.1) is 35.5 Å². The van der Waals surface area contributed by atoms with Crippen molar-refractivity contribution in [2.45, 2.75) is 12.3 Å². The molecule has 24 heavy (non-hydrogen) atoms. The van der Waals surface area contributed by atoms with Crippen molar-refractivity contribution in [2.24, 2.45) is 35.5 Å². The van der Waals surface area contributed by atoms with E-state index < -0.39 is 0 Å². The average Bonchev–Trinajstić information content (AvgIpc) is 3.51. The molecule has 0 aromatic heterocycles. The number of hydrogen-bond acceptors (Lipinski definition) is 0. The van der Waals surface area contributed by atoms with Crippen LogP contribution in [0.25, 0.3) is 21.5 Å². The molecule has 0 amide bonds. The van der Waals surface area contributed by atoms with Gasteiger partial charge < -0.3 is 0 Å². The molecule has 3 fully saturated rings. The van der Waals surface area contributed by atoms with Gasteiger partial charge in [0.25, 0.3) is 0 Å². The number of benzene rings is 3. The van der Waals surface area contributed by atoms with Crippen LogP contribution in [0.15, 0.2) is 66.7 Å². The molecule has 0 radical (unpaired) electrons. The molecule has 4 aliphatic carbocycles. The van der Waals surface area contributed by atoms with E-state index in [0.717, 1.165) is 41.4 Å². The number of rotatable bonds is 1. The maximum absolute atomic E-state index is 2.60. The Morgan fingerprint density at radius 3 is 2.33 bits per heavy atom. The van der Waals surface area contributed by atoms with E-state index in [-0.39, 0.29) is 0 Å². The Bertz CT molecular complexity index is 1040. The van der Waals surface area contributed by atoms with Crippen LogP contribution in [0.1, 0.15) is 17.9 Å². The maximum Gasteiger partial charge on any atom is -0.00529 e. The van der Waals surface area contributed by atoms with Gasteiger partial charge in [-0.25, -0.2) is 0 Å². The van der Waals surface area contributed by atoms with Crippen LogP contribution in [0.4, 0.5) is 0 Å². The van der Waals surface area contributed by atoms with E-state index in [1.807, 2.05) is 0 Å². The van der Waals surface area contributed by atoms with Gasteiger partial charge in [0.1, 0.15) is 0 Å². The van der Waals surface area contributed by atoms with Crippen LogP contribution in [0.5, 0.6) is 0 Å². The molecule has 3 aromatic rings. The highest BCUT2D eigenvalue weighted by atomic mass is 14.7. The fraction of sp³-hybridized carbons (Fsp3) is 0.333. The third kappa shape index (κ3) is 1.34. The van der Waals surface area contributed by atoms with E-state index in [0.29, 0.717) is 0 Å². The van der Waals surface area contributed by atoms with E-state index in [4.69, 9.17) is 0 Å². The summed E-state index contributed by atoms with van der Waals surface area (Å²) in [6, 6.07) is 20.6. The molecule has 116 valence electrons. The third-order valence-corrected chi connectivity index (χ3v) is 7.62. The molecule has 0 saturated heterocycles. The minimum Gasteiger partial charge on any atom is -0.0845 e. The van der Waals surface area contributed by atoms with Crippen LogP contribution in [-0.2, 0) is 0 Å². The molecule has 0 heterocycles. The number of fused-ring (bicyclic) bond motifs is 8. The van der Waals surface area contributed by atoms with E-state index in [1.165, 1.54) is 28.0 Å². The van der Waals surface area contributed by atoms with E-state index >= 15 is 0 Å². The lowest BCUT2D eigenvalue weighted by molar-refractivity contribution is 0.322. The first-order valence-electron chi connectivity index (χ1n) is 9.50. The molecule has 0 nitrogen and oxygen atoms in total. The van der Waals surface area contributed by atoms with Gasteiger partial charge >= 0.3 is 0 Å². The summed E-state index contributed by atoms with van der Waals surface area (Å²) < 4.78 is 0. The van der Waals surface area contributed by atoms with Gasteiger partial charge in [0.2, 0.25) is 0 Å². The van der Waals surface area contributed by atoms with Gasteiger partial charge in [0.05, 0.1) is 0 Å². The Labute approximate surface area is 142 Å².